The predicted molar refractivity (Wildman–Crippen MR) is 141 cm³/mol. The van der Waals surface area contributed by atoms with Gasteiger partial charge in [0.15, 0.2) is 0 Å². The van der Waals surface area contributed by atoms with Crippen LogP contribution in [-0.2, 0) is 10.0 Å². The molecule has 11 heteroatoms. The lowest BCUT2D eigenvalue weighted by Crippen LogP contribution is -2.49. The Balaban J connectivity index is 1.33. The standard InChI is InChI=1S/C26H20N6O3S2/c1-27-19-7-10-24(29-16-19)31-12-14-32(15-13-31)37(33,34)26-20-17-35-30-21(20)8-9-23(26)36-22-6-2-4-18-5-3-11-28-25(18)22/h2-11,16-17H,12-15H2. The molecule has 37 heavy (non-hydrogen) atoms. The van der Waals surface area contributed by atoms with E-state index in [0.717, 1.165) is 21.6 Å². The molecular weight excluding hydrogens is 508 g/mol. The van der Waals surface area contributed by atoms with E-state index >= 15 is 0 Å². The molecule has 0 atom stereocenters. The van der Waals surface area contributed by atoms with Gasteiger partial charge in [-0.3, -0.25) is 9.97 Å². The maximum Gasteiger partial charge on any atom is 0.245 e. The number of fused-ring (bicyclic) bond motifs is 2. The molecule has 0 spiro atoms. The van der Waals surface area contributed by atoms with Gasteiger partial charge in [-0.25, -0.2) is 13.3 Å². The summed E-state index contributed by atoms with van der Waals surface area (Å²) in [7, 11) is -3.87. The summed E-state index contributed by atoms with van der Waals surface area (Å²) >= 11 is 1.37. The zero-order valence-electron chi connectivity index (χ0n) is 19.5. The van der Waals surface area contributed by atoms with Crippen molar-refractivity contribution < 1.29 is 12.9 Å². The van der Waals surface area contributed by atoms with Crippen LogP contribution in [0.15, 0.2) is 92.5 Å². The highest BCUT2D eigenvalue weighted by molar-refractivity contribution is 8.00. The average molecular weight is 529 g/mol. The van der Waals surface area contributed by atoms with Gasteiger partial charge in [-0.15, -0.1) is 0 Å². The first-order chi connectivity index (χ1) is 18.0. The van der Waals surface area contributed by atoms with Gasteiger partial charge in [-0.1, -0.05) is 41.2 Å². The molecule has 1 aliphatic rings. The van der Waals surface area contributed by atoms with Crippen LogP contribution in [0.3, 0.4) is 0 Å². The highest BCUT2D eigenvalue weighted by Crippen LogP contribution is 2.40. The van der Waals surface area contributed by atoms with Crippen molar-refractivity contribution in [1.29, 1.82) is 0 Å². The minimum Gasteiger partial charge on any atom is -0.363 e. The van der Waals surface area contributed by atoms with E-state index in [9.17, 15) is 8.42 Å². The predicted octanol–water partition coefficient (Wildman–Crippen LogP) is 4.98. The monoisotopic (exact) mass is 528 g/mol. The number of hydrogen-bond acceptors (Lipinski definition) is 8. The van der Waals surface area contributed by atoms with E-state index in [-0.39, 0.29) is 4.90 Å². The summed E-state index contributed by atoms with van der Waals surface area (Å²) in [5, 5.41) is 5.42. The van der Waals surface area contributed by atoms with Crippen molar-refractivity contribution in [1.82, 2.24) is 19.4 Å². The third kappa shape index (κ3) is 4.29. The molecule has 0 amide bonds. The Bertz CT molecular complexity index is 1750. The van der Waals surface area contributed by atoms with Crippen LogP contribution in [0.5, 0.6) is 0 Å². The lowest BCUT2D eigenvalue weighted by molar-refractivity contribution is 0.383. The van der Waals surface area contributed by atoms with Gasteiger partial charge in [0, 0.05) is 53.7 Å². The molecule has 0 saturated carbocycles. The van der Waals surface area contributed by atoms with Gasteiger partial charge < -0.3 is 9.42 Å². The number of sulfonamides is 1. The summed E-state index contributed by atoms with van der Waals surface area (Å²) in [5.74, 6) is 0.727. The summed E-state index contributed by atoms with van der Waals surface area (Å²) < 4.78 is 34.8. The van der Waals surface area contributed by atoms with E-state index in [1.165, 1.54) is 28.5 Å². The molecule has 0 N–H and O–H groups in total. The number of benzene rings is 2. The van der Waals surface area contributed by atoms with Crippen LogP contribution in [0.1, 0.15) is 0 Å². The summed E-state index contributed by atoms with van der Waals surface area (Å²) in [4.78, 5) is 15.9. The topological polar surface area (TPSA) is 96.8 Å². The fourth-order valence-electron chi connectivity index (χ4n) is 4.44. The molecule has 0 radical (unpaired) electrons. The molecule has 3 aromatic heterocycles. The van der Waals surface area contributed by atoms with Gasteiger partial charge in [-0.2, -0.15) is 4.31 Å². The van der Waals surface area contributed by atoms with Gasteiger partial charge in [0.25, 0.3) is 0 Å². The highest BCUT2D eigenvalue weighted by atomic mass is 32.2. The van der Waals surface area contributed by atoms with Gasteiger partial charge in [0.05, 0.1) is 17.5 Å². The molecule has 0 aliphatic carbocycles. The smallest absolute Gasteiger partial charge is 0.245 e. The van der Waals surface area contributed by atoms with Crippen molar-refractivity contribution in [3.8, 4) is 0 Å². The minimum atomic E-state index is -3.87. The third-order valence-corrected chi connectivity index (χ3v) is 9.54. The van der Waals surface area contributed by atoms with Crippen LogP contribution in [0.2, 0.25) is 0 Å². The van der Waals surface area contributed by atoms with Gasteiger partial charge in [0.2, 0.25) is 15.7 Å². The molecule has 5 aromatic rings. The number of para-hydroxylation sites is 1. The lowest BCUT2D eigenvalue weighted by Gasteiger charge is -2.35. The second kappa shape index (κ2) is 9.48. The van der Waals surface area contributed by atoms with Gasteiger partial charge >= 0.3 is 0 Å². The van der Waals surface area contributed by atoms with Crippen LogP contribution >= 0.6 is 11.8 Å². The fraction of sp³-hybridized carbons (Fsp3) is 0.154. The number of aromatic nitrogens is 3. The minimum absolute atomic E-state index is 0.192. The number of pyridine rings is 2. The second-order valence-corrected chi connectivity index (χ2v) is 11.4. The molecule has 4 heterocycles. The summed E-state index contributed by atoms with van der Waals surface area (Å²) in [6, 6.07) is 16.8. The fourth-order valence-corrected chi connectivity index (χ4v) is 7.53. The Labute approximate surface area is 217 Å². The first-order valence-electron chi connectivity index (χ1n) is 11.5. The van der Waals surface area contributed by atoms with Crippen LogP contribution in [0.25, 0.3) is 26.7 Å². The molecule has 1 aliphatic heterocycles. The maximum absolute atomic E-state index is 14.1. The quantitative estimate of drug-likeness (QED) is 0.295. The van der Waals surface area contributed by atoms with Crippen molar-refractivity contribution in [2.75, 3.05) is 31.1 Å². The zero-order valence-corrected chi connectivity index (χ0v) is 21.1. The number of hydrogen-bond donors (Lipinski definition) is 0. The Hall–Kier alpha value is -3.98. The van der Waals surface area contributed by atoms with E-state index in [1.54, 1.807) is 30.5 Å². The Morgan fingerprint density at radius 2 is 1.78 bits per heavy atom. The van der Waals surface area contributed by atoms with Crippen molar-refractivity contribution in [3.63, 3.8) is 0 Å². The average Bonchev–Trinajstić information content (AvgIpc) is 3.42. The molecule has 0 unspecified atom stereocenters. The first-order valence-corrected chi connectivity index (χ1v) is 13.8. The third-order valence-electron chi connectivity index (χ3n) is 6.30. The van der Waals surface area contributed by atoms with Crippen LogP contribution in [-0.4, -0.2) is 54.0 Å². The van der Waals surface area contributed by atoms with Crippen LogP contribution < -0.4 is 4.90 Å². The molecule has 6 rings (SSSR count). The van der Waals surface area contributed by atoms with Crippen LogP contribution in [0.4, 0.5) is 11.5 Å². The molecule has 0 bridgehead atoms. The first kappa shape index (κ1) is 23.4. The number of piperazine rings is 1. The highest BCUT2D eigenvalue weighted by Gasteiger charge is 2.33. The van der Waals surface area contributed by atoms with Crippen molar-refractivity contribution in [3.05, 3.63) is 84.7 Å². The number of nitrogens with zero attached hydrogens (tertiary/aromatic N) is 6. The largest absolute Gasteiger partial charge is 0.363 e. The van der Waals surface area contributed by atoms with E-state index in [1.807, 2.05) is 35.2 Å². The summed E-state index contributed by atoms with van der Waals surface area (Å²) in [6.45, 7) is 8.66. The number of rotatable bonds is 5. The van der Waals surface area contributed by atoms with E-state index < -0.39 is 10.0 Å². The van der Waals surface area contributed by atoms with Crippen molar-refractivity contribution in [2.45, 2.75) is 14.7 Å². The summed E-state index contributed by atoms with van der Waals surface area (Å²) in [5.41, 5.74) is 1.77. The molecule has 2 aromatic carbocycles. The van der Waals surface area contributed by atoms with Gasteiger partial charge in [0.1, 0.15) is 22.5 Å². The van der Waals surface area contributed by atoms with Crippen LogP contribution in [0, 0.1) is 6.57 Å². The summed E-state index contributed by atoms with van der Waals surface area (Å²) in [6.07, 6.45) is 4.66. The van der Waals surface area contributed by atoms with Crippen molar-refractivity contribution in [2.24, 2.45) is 0 Å². The SMILES string of the molecule is [C-]#[N+]c1ccc(N2CCN(S(=O)(=O)c3c(Sc4cccc5cccnc45)ccc4nocc34)CC2)nc1. The van der Waals surface area contributed by atoms with E-state index in [4.69, 9.17) is 11.1 Å². The van der Waals surface area contributed by atoms with E-state index in [0.29, 0.717) is 47.7 Å². The molecule has 1 fully saturated rings. The molecular formula is C26H20N6O3S2. The Morgan fingerprint density at radius 3 is 2.57 bits per heavy atom. The molecule has 1 saturated heterocycles. The lowest BCUT2D eigenvalue weighted by atomic mass is 10.2. The van der Waals surface area contributed by atoms with Gasteiger partial charge in [-0.05, 0) is 30.3 Å². The normalized spacial score (nSPS) is 14.7. The second-order valence-electron chi connectivity index (χ2n) is 8.45. The Kier molecular flexibility index (Phi) is 6.00. The maximum atomic E-state index is 14.1. The van der Waals surface area contributed by atoms with Crippen molar-refractivity contribution >= 4 is 55.1 Å². The number of anilines is 1. The molecule has 184 valence electrons. The Morgan fingerprint density at radius 1 is 0.946 bits per heavy atom. The molecule has 9 nitrogen and oxygen atoms in total. The van der Waals surface area contributed by atoms with E-state index in [2.05, 4.69) is 20.0 Å². The zero-order chi connectivity index (χ0) is 25.4.